The number of nitrogens with one attached hydrogen (secondary N) is 1. The number of carboxylic acid groups (broad SMARTS) is 1. The second kappa shape index (κ2) is 3.13. The fourth-order valence-corrected chi connectivity index (χ4v) is 1.23. The van der Waals surface area contributed by atoms with Crippen LogP contribution < -0.4 is 5.32 Å². The Bertz CT molecular complexity index is 163. The van der Waals surface area contributed by atoms with Gasteiger partial charge in [-0.05, 0) is 0 Å². The molecule has 2 N–H and O–H groups in total. The van der Waals surface area contributed by atoms with Gasteiger partial charge in [-0.15, -0.1) is 0 Å². The van der Waals surface area contributed by atoms with Crippen LogP contribution in [0.5, 0.6) is 0 Å². The summed E-state index contributed by atoms with van der Waals surface area (Å²) in [7, 11) is 0. The summed E-state index contributed by atoms with van der Waals surface area (Å²) in [6, 6.07) is 0. The van der Waals surface area contributed by atoms with Gasteiger partial charge in [-0.2, -0.15) is 0 Å². The lowest BCUT2D eigenvalue weighted by Gasteiger charge is -2.12. The SMILES string of the molecule is O=C(O)[C@H]1CNC[C@@H]1C(F)F. The zero-order valence-corrected chi connectivity index (χ0v) is 5.76. The summed E-state index contributed by atoms with van der Waals surface area (Å²) in [5.41, 5.74) is 0. The van der Waals surface area contributed by atoms with E-state index in [4.69, 9.17) is 5.11 Å². The van der Waals surface area contributed by atoms with Crippen LogP contribution in [0.1, 0.15) is 0 Å². The van der Waals surface area contributed by atoms with Gasteiger partial charge in [0.1, 0.15) is 0 Å². The van der Waals surface area contributed by atoms with Crippen LogP contribution in [0.4, 0.5) is 8.78 Å². The molecule has 0 aliphatic carbocycles. The molecular weight excluding hydrogens is 156 g/mol. The van der Waals surface area contributed by atoms with Crippen LogP contribution in [0.15, 0.2) is 0 Å². The quantitative estimate of drug-likeness (QED) is 0.613. The molecule has 1 saturated heterocycles. The predicted molar refractivity (Wildman–Crippen MR) is 33.5 cm³/mol. The Morgan fingerprint density at radius 2 is 2.18 bits per heavy atom. The number of carbonyl (C=O) groups is 1. The van der Waals surface area contributed by atoms with E-state index >= 15 is 0 Å². The minimum Gasteiger partial charge on any atom is -0.481 e. The topological polar surface area (TPSA) is 49.3 Å². The van der Waals surface area contributed by atoms with E-state index in [1.165, 1.54) is 0 Å². The van der Waals surface area contributed by atoms with E-state index < -0.39 is 24.2 Å². The highest BCUT2D eigenvalue weighted by Crippen LogP contribution is 2.23. The first kappa shape index (κ1) is 8.39. The third-order valence-electron chi connectivity index (χ3n) is 1.90. The summed E-state index contributed by atoms with van der Waals surface area (Å²) in [4.78, 5) is 10.3. The molecule has 0 aromatic heterocycles. The predicted octanol–water partition coefficient (Wildman–Crippen LogP) is 0.172. The van der Waals surface area contributed by atoms with Gasteiger partial charge in [0.2, 0.25) is 6.43 Å². The third-order valence-corrected chi connectivity index (χ3v) is 1.90. The molecule has 0 aromatic carbocycles. The van der Waals surface area contributed by atoms with Crippen LogP contribution in [0.25, 0.3) is 0 Å². The van der Waals surface area contributed by atoms with Crippen molar-refractivity contribution in [2.24, 2.45) is 11.8 Å². The zero-order valence-electron chi connectivity index (χ0n) is 5.76. The number of rotatable bonds is 2. The normalized spacial score (nSPS) is 31.2. The minimum absolute atomic E-state index is 0.106. The summed E-state index contributed by atoms with van der Waals surface area (Å²) in [6.45, 7) is 0.263. The van der Waals surface area contributed by atoms with Crippen molar-refractivity contribution in [2.45, 2.75) is 6.43 Å². The largest absolute Gasteiger partial charge is 0.481 e. The zero-order chi connectivity index (χ0) is 8.43. The molecule has 5 heteroatoms. The van der Waals surface area contributed by atoms with Gasteiger partial charge in [0.15, 0.2) is 0 Å². The van der Waals surface area contributed by atoms with E-state index in [0.29, 0.717) is 0 Å². The molecule has 1 rings (SSSR count). The van der Waals surface area contributed by atoms with Crippen molar-refractivity contribution in [1.29, 1.82) is 0 Å². The van der Waals surface area contributed by atoms with Crippen LogP contribution in [0, 0.1) is 11.8 Å². The first-order valence-electron chi connectivity index (χ1n) is 3.34. The van der Waals surface area contributed by atoms with Crippen molar-refractivity contribution in [3.8, 4) is 0 Å². The van der Waals surface area contributed by atoms with E-state index in [0.717, 1.165) is 0 Å². The Morgan fingerprint density at radius 3 is 2.55 bits per heavy atom. The number of hydrogen-bond donors (Lipinski definition) is 2. The standard InChI is InChI=1S/C6H9F2NO2/c7-5(8)3-1-9-2-4(3)6(10)11/h3-5,9H,1-2H2,(H,10,11)/t3-,4-/m0/s1. The molecule has 1 aliphatic rings. The van der Waals surface area contributed by atoms with Crippen LogP contribution >= 0.6 is 0 Å². The second-order valence-corrected chi connectivity index (χ2v) is 2.60. The molecule has 64 valence electrons. The van der Waals surface area contributed by atoms with E-state index in [1.807, 2.05) is 0 Å². The Labute approximate surface area is 62.4 Å². The molecule has 3 nitrogen and oxygen atoms in total. The van der Waals surface area contributed by atoms with Crippen molar-refractivity contribution in [2.75, 3.05) is 13.1 Å². The van der Waals surface area contributed by atoms with Gasteiger partial charge >= 0.3 is 5.97 Å². The molecule has 0 radical (unpaired) electrons. The number of carboxylic acids is 1. The Kier molecular flexibility index (Phi) is 2.38. The van der Waals surface area contributed by atoms with Gasteiger partial charge in [0.05, 0.1) is 5.92 Å². The third kappa shape index (κ3) is 1.65. The average Bonchev–Trinajstić information content (AvgIpc) is 2.32. The molecule has 1 fully saturated rings. The van der Waals surface area contributed by atoms with E-state index in [1.54, 1.807) is 0 Å². The summed E-state index contributed by atoms with van der Waals surface area (Å²) in [5.74, 6) is -3.08. The van der Waals surface area contributed by atoms with Gasteiger partial charge < -0.3 is 10.4 Å². The highest BCUT2D eigenvalue weighted by Gasteiger charge is 2.38. The molecule has 0 spiro atoms. The van der Waals surface area contributed by atoms with Crippen molar-refractivity contribution < 1.29 is 18.7 Å². The Hall–Kier alpha value is -0.710. The number of alkyl halides is 2. The molecule has 1 aliphatic heterocycles. The number of hydrogen-bond acceptors (Lipinski definition) is 2. The van der Waals surface area contributed by atoms with E-state index in [2.05, 4.69) is 5.32 Å². The lowest BCUT2D eigenvalue weighted by Crippen LogP contribution is -2.27. The van der Waals surface area contributed by atoms with E-state index in [9.17, 15) is 13.6 Å². The Morgan fingerprint density at radius 1 is 1.55 bits per heavy atom. The van der Waals surface area contributed by atoms with Crippen molar-refractivity contribution in [3.63, 3.8) is 0 Å². The molecule has 0 bridgehead atoms. The maximum atomic E-state index is 12.0. The molecule has 11 heavy (non-hydrogen) atoms. The first-order valence-corrected chi connectivity index (χ1v) is 3.34. The highest BCUT2D eigenvalue weighted by molar-refractivity contribution is 5.71. The summed E-state index contributed by atoms with van der Waals surface area (Å²) in [5, 5.41) is 11.1. The van der Waals surface area contributed by atoms with Gasteiger partial charge in [-0.25, -0.2) is 8.78 Å². The fraction of sp³-hybridized carbons (Fsp3) is 0.833. The summed E-state index contributed by atoms with van der Waals surface area (Å²) >= 11 is 0. The number of aliphatic carboxylic acids is 1. The second-order valence-electron chi connectivity index (χ2n) is 2.60. The van der Waals surface area contributed by atoms with Crippen LogP contribution in [0.2, 0.25) is 0 Å². The molecule has 1 heterocycles. The molecule has 0 saturated carbocycles. The molecule has 0 unspecified atom stereocenters. The number of halogens is 2. The molecular formula is C6H9F2NO2. The Balaban J connectivity index is 2.58. The van der Waals surface area contributed by atoms with Gasteiger partial charge in [-0.1, -0.05) is 0 Å². The van der Waals surface area contributed by atoms with Crippen LogP contribution in [0.3, 0.4) is 0 Å². The van der Waals surface area contributed by atoms with Gasteiger partial charge in [0.25, 0.3) is 0 Å². The molecule has 0 amide bonds. The smallest absolute Gasteiger partial charge is 0.308 e. The van der Waals surface area contributed by atoms with Crippen molar-refractivity contribution in [3.05, 3.63) is 0 Å². The average molecular weight is 165 g/mol. The van der Waals surface area contributed by atoms with Crippen LogP contribution in [-0.2, 0) is 4.79 Å². The fourth-order valence-electron chi connectivity index (χ4n) is 1.23. The minimum atomic E-state index is -2.54. The summed E-state index contributed by atoms with van der Waals surface area (Å²) in [6.07, 6.45) is -2.54. The lowest BCUT2D eigenvalue weighted by atomic mass is 9.97. The first-order chi connectivity index (χ1) is 5.13. The van der Waals surface area contributed by atoms with Crippen molar-refractivity contribution >= 4 is 5.97 Å². The monoisotopic (exact) mass is 165 g/mol. The molecule has 0 aromatic rings. The summed E-state index contributed by atoms with van der Waals surface area (Å²) < 4.78 is 24.1. The highest BCUT2D eigenvalue weighted by atomic mass is 19.3. The maximum absolute atomic E-state index is 12.0. The lowest BCUT2D eigenvalue weighted by molar-refractivity contribution is -0.144. The van der Waals surface area contributed by atoms with Crippen molar-refractivity contribution in [1.82, 2.24) is 5.32 Å². The van der Waals surface area contributed by atoms with Gasteiger partial charge in [-0.3, -0.25) is 4.79 Å². The van der Waals surface area contributed by atoms with Gasteiger partial charge in [0, 0.05) is 19.0 Å². The molecule has 2 atom stereocenters. The van der Waals surface area contributed by atoms with Crippen LogP contribution in [-0.4, -0.2) is 30.6 Å². The van der Waals surface area contributed by atoms with E-state index in [-0.39, 0.29) is 13.1 Å². The maximum Gasteiger partial charge on any atom is 0.308 e.